The van der Waals surface area contributed by atoms with Crippen LogP contribution < -0.4 is 10.1 Å². The SMILES string of the molecule is COc1ccc(CCNC(=O)[C@@H](C)OC(=O)c2cc(C)nc3ccccc23)cc1. The first kappa shape index (κ1) is 20.3. The Hall–Kier alpha value is -3.41. The summed E-state index contributed by atoms with van der Waals surface area (Å²) in [7, 11) is 1.62. The molecule has 0 aliphatic carbocycles. The molecule has 1 amide bonds. The third-order valence-corrected chi connectivity index (χ3v) is 4.59. The predicted octanol–water partition coefficient (Wildman–Crippen LogP) is 3.46. The van der Waals surface area contributed by atoms with E-state index in [2.05, 4.69) is 10.3 Å². The molecule has 1 aromatic heterocycles. The van der Waals surface area contributed by atoms with Gasteiger partial charge in [-0.25, -0.2) is 4.79 Å². The highest BCUT2D eigenvalue weighted by molar-refractivity contribution is 6.04. The van der Waals surface area contributed by atoms with Crippen molar-refractivity contribution in [2.24, 2.45) is 0 Å². The molecule has 0 radical (unpaired) electrons. The third-order valence-electron chi connectivity index (χ3n) is 4.59. The van der Waals surface area contributed by atoms with Gasteiger partial charge in [0.2, 0.25) is 0 Å². The maximum atomic E-state index is 12.6. The number of aryl methyl sites for hydroxylation is 1. The minimum Gasteiger partial charge on any atom is -0.497 e. The summed E-state index contributed by atoms with van der Waals surface area (Å²) in [5.41, 5.74) is 2.92. The number of nitrogens with zero attached hydrogens (tertiary/aromatic N) is 1. The Morgan fingerprint density at radius 1 is 1.10 bits per heavy atom. The lowest BCUT2D eigenvalue weighted by Crippen LogP contribution is -2.37. The van der Waals surface area contributed by atoms with Crippen molar-refractivity contribution in [3.8, 4) is 5.75 Å². The molecule has 0 bridgehead atoms. The molecule has 3 rings (SSSR count). The van der Waals surface area contributed by atoms with Gasteiger partial charge in [0.1, 0.15) is 5.75 Å². The number of pyridine rings is 1. The Labute approximate surface area is 169 Å². The van der Waals surface area contributed by atoms with Crippen LogP contribution in [0.4, 0.5) is 0 Å². The molecule has 0 unspecified atom stereocenters. The van der Waals surface area contributed by atoms with Crippen molar-refractivity contribution in [2.45, 2.75) is 26.4 Å². The maximum absolute atomic E-state index is 12.6. The first-order valence-electron chi connectivity index (χ1n) is 9.46. The van der Waals surface area contributed by atoms with Gasteiger partial charge in [-0.1, -0.05) is 30.3 Å². The highest BCUT2D eigenvalue weighted by Crippen LogP contribution is 2.19. The van der Waals surface area contributed by atoms with Crippen molar-refractivity contribution in [2.75, 3.05) is 13.7 Å². The molecule has 0 aliphatic heterocycles. The highest BCUT2D eigenvalue weighted by atomic mass is 16.5. The molecule has 0 aliphatic rings. The molecule has 0 fully saturated rings. The zero-order valence-corrected chi connectivity index (χ0v) is 16.8. The fourth-order valence-corrected chi connectivity index (χ4v) is 3.02. The van der Waals surface area contributed by atoms with Gasteiger partial charge >= 0.3 is 5.97 Å². The lowest BCUT2D eigenvalue weighted by molar-refractivity contribution is -0.129. The van der Waals surface area contributed by atoms with Crippen LogP contribution in [0.25, 0.3) is 10.9 Å². The molecule has 1 heterocycles. The van der Waals surface area contributed by atoms with Gasteiger partial charge in [0.05, 0.1) is 18.2 Å². The molecule has 3 aromatic rings. The van der Waals surface area contributed by atoms with Crippen LogP contribution in [-0.4, -0.2) is 36.6 Å². The molecule has 2 aromatic carbocycles. The topological polar surface area (TPSA) is 77.5 Å². The van der Waals surface area contributed by atoms with Gasteiger partial charge in [-0.15, -0.1) is 0 Å². The zero-order chi connectivity index (χ0) is 20.8. The second-order valence-electron chi connectivity index (χ2n) is 6.76. The van der Waals surface area contributed by atoms with E-state index in [0.717, 1.165) is 16.8 Å². The lowest BCUT2D eigenvalue weighted by Gasteiger charge is -2.15. The van der Waals surface area contributed by atoms with E-state index in [1.165, 1.54) is 0 Å². The Bertz CT molecular complexity index is 1020. The molecule has 0 saturated heterocycles. The Balaban J connectivity index is 1.57. The largest absolute Gasteiger partial charge is 0.497 e. The van der Waals surface area contributed by atoms with Crippen molar-refractivity contribution >= 4 is 22.8 Å². The summed E-state index contributed by atoms with van der Waals surface area (Å²) in [6.45, 7) is 3.83. The van der Waals surface area contributed by atoms with Crippen LogP contribution in [0.5, 0.6) is 5.75 Å². The summed E-state index contributed by atoms with van der Waals surface area (Å²) in [6, 6.07) is 16.7. The van der Waals surface area contributed by atoms with E-state index in [1.807, 2.05) is 55.5 Å². The second-order valence-corrected chi connectivity index (χ2v) is 6.76. The molecule has 150 valence electrons. The number of ether oxygens (including phenoxy) is 2. The van der Waals surface area contributed by atoms with E-state index < -0.39 is 12.1 Å². The second kappa shape index (κ2) is 9.19. The molecular weight excluding hydrogens is 368 g/mol. The van der Waals surface area contributed by atoms with Gasteiger partial charge in [0, 0.05) is 17.6 Å². The molecule has 6 heteroatoms. The normalized spacial score (nSPS) is 11.7. The van der Waals surface area contributed by atoms with E-state index in [0.29, 0.717) is 29.6 Å². The molecule has 0 spiro atoms. The first-order chi connectivity index (χ1) is 14.0. The summed E-state index contributed by atoms with van der Waals surface area (Å²) in [4.78, 5) is 29.4. The minimum atomic E-state index is -0.898. The van der Waals surface area contributed by atoms with Crippen LogP contribution >= 0.6 is 0 Å². The quantitative estimate of drug-likeness (QED) is 0.623. The molecule has 1 N–H and O–H groups in total. The van der Waals surface area contributed by atoms with Crippen LogP contribution in [0.15, 0.2) is 54.6 Å². The Kier molecular flexibility index (Phi) is 6.44. The predicted molar refractivity (Wildman–Crippen MR) is 111 cm³/mol. The number of para-hydroxylation sites is 1. The van der Waals surface area contributed by atoms with Gasteiger partial charge in [-0.2, -0.15) is 0 Å². The molecule has 6 nitrogen and oxygen atoms in total. The number of carbonyl (C=O) groups is 2. The number of hydrogen-bond acceptors (Lipinski definition) is 5. The minimum absolute atomic E-state index is 0.332. The molecule has 1 atom stereocenters. The average Bonchev–Trinajstić information content (AvgIpc) is 2.73. The number of esters is 1. The van der Waals surface area contributed by atoms with E-state index >= 15 is 0 Å². The van der Waals surface area contributed by atoms with Crippen LogP contribution in [0.3, 0.4) is 0 Å². The zero-order valence-electron chi connectivity index (χ0n) is 16.8. The highest BCUT2D eigenvalue weighted by Gasteiger charge is 2.20. The third kappa shape index (κ3) is 5.10. The van der Waals surface area contributed by atoms with Crippen molar-refractivity contribution in [3.05, 3.63) is 71.4 Å². The summed E-state index contributed by atoms with van der Waals surface area (Å²) in [5, 5.41) is 3.51. The molecule has 0 saturated carbocycles. The average molecular weight is 392 g/mol. The van der Waals surface area contributed by atoms with Crippen LogP contribution in [0.1, 0.15) is 28.5 Å². The number of rotatable bonds is 7. The van der Waals surface area contributed by atoms with E-state index in [1.54, 1.807) is 20.1 Å². The monoisotopic (exact) mass is 392 g/mol. The standard InChI is InChI=1S/C23H24N2O4/c1-15-14-20(19-6-4-5-7-21(19)25-15)23(27)29-16(2)22(26)24-13-12-17-8-10-18(28-3)11-9-17/h4-11,14,16H,12-13H2,1-3H3,(H,24,26)/t16-/m1/s1. The van der Waals surface area contributed by atoms with E-state index in [9.17, 15) is 9.59 Å². The van der Waals surface area contributed by atoms with Crippen LogP contribution in [-0.2, 0) is 16.0 Å². The van der Waals surface area contributed by atoms with E-state index in [4.69, 9.17) is 9.47 Å². The number of hydrogen-bond donors (Lipinski definition) is 1. The Morgan fingerprint density at radius 2 is 1.83 bits per heavy atom. The fourth-order valence-electron chi connectivity index (χ4n) is 3.02. The van der Waals surface area contributed by atoms with Crippen molar-refractivity contribution in [1.29, 1.82) is 0 Å². The fraction of sp³-hybridized carbons (Fsp3) is 0.261. The van der Waals surface area contributed by atoms with Crippen molar-refractivity contribution < 1.29 is 19.1 Å². The number of benzene rings is 2. The Morgan fingerprint density at radius 3 is 2.55 bits per heavy atom. The van der Waals surface area contributed by atoms with Gasteiger partial charge in [0.15, 0.2) is 6.10 Å². The van der Waals surface area contributed by atoms with E-state index in [-0.39, 0.29) is 5.91 Å². The molecular formula is C23H24N2O4. The van der Waals surface area contributed by atoms with Gasteiger partial charge in [-0.3, -0.25) is 9.78 Å². The lowest BCUT2D eigenvalue weighted by atomic mass is 10.1. The summed E-state index contributed by atoms with van der Waals surface area (Å²) in [5.74, 6) is -0.0800. The van der Waals surface area contributed by atoms with Crippen molar-refractivity contribution in [3.63, 3.8) is 0 Å². The van der Waals surface area contributed by atoms with Gasteiger partial charge in [0.25, 0.3) is 5.91 Å². The van der Waals surface area contributed by atoms with Crippen LogP contribution in [0, 0.1) is 6.92 Å². The number of fused-ring (bicyclic) bond motifs is 1. The van der Waals surface area contributed by atoms with Crippen molar-refractivity contribution in [1.82, 2.24) is 10.3 Å². The maximum Gasteiger partial charge on any atom is 0.339 e. The first-order valence-corrected chi connectivity index (χ1v) is 9.46. The number of nitrogens with one attached hydrogen (secondary N) is 1. The smallest absolute Gasteiger partial charge is 0.339 e. The van der Waals surface area contributed by atoms with Crippen LogP contribution in [0.2, 0.25) is 0 Å². The summed E-state index contributed by atoms with van der Waals surface area (Å²) >= 11 is 0. The van der Waals surface area contributed by atoms with Gasteiger partial charge in [-0.05, 0) is 50.1 Å². The number of amides is 1. The molecule has 29 heavy (non-hydrogen) atoms. The van der Waals surface area contributed by atoms with Gasteiger partial charge < -0.3 is 14.8 Å². The number of aromatic nitrogens is 1. The summed E-state index contributed by atoms with van der Waals surface area (Å²) < 4.78 is 10.5. The number of carbonyl (C=O) groups excluding carboxylic acids is 2. The summed E-state index contributed by atoms with van der Waals surface area (Å²) in [6.07, 6.45) is -0.226. The number of methoxy groups -OCH3 is 1.